The normalized spacial score (nSPS) is 19.6. The van der Waals surface area contributed by atoms with Gasteiger partial charge in [-0.3, -0.25) is 4.68 Å². The number of hydrogen-bond donors (Lipinski definition) is 1. The number of nitrogens with zero attached hydrogens (tertiary/aromatic N) is 2. The van der Waals surface area contributed by atoms with Gasteiger partial charge in [-0.1, -0.05) is 36.2 Å². The Balaban J connectivity index is 2.02. The second-order valence-electron chi connectivity index (χ2n) is 5.44. The molecule has 0 aliphatic carbocycles. The maximum Gasteiger partial charge on any atom is 0.0628 e. The van der Waals surface area contributed by atoms with E-state index < -0.39 is 0 Å². The molecule has 0 amide bonds. The Bertz CT molecular complexity index is 565. The molecule has 0 saturated carbocycles. The molecule has 1 saturated heterocycles. The van der Waals surface area contributed by atoms with Crippen LogP contribution in [0.5, 0.6) is 0 Å². The van der Waals surface area contributed by atoms with E-state index in [1.165, 1.54) is 41.6 Å². The predicted molar refractivity (Wildman–Crippen MR) is 78.0 cm³/mol. The molecular formula is C16H21N3. The van der Waals surface area contributed by atoms with Gasteiger partial charge in [0.15, 0.2) is 0 Å². The van der Waals surface area contributed by atoms with Crippen molar-refractivity contribution in [2.45, 2.75) is 32.2 Å². The number of piperidine rings is 1. The molecule has 1 fully saturated rings. The van der Waals surface area contributed by atoms with Crippen LogP contribution in [0.1, 0.15) is 36.6 Å². The number of aryl methyl sites for hydroxylation is 2. The third-order valence-electron chi connectivity index (χ3n) is 3.95. The average Bonchev–Trinajstić information content (AvgIpc) is 2.82. The van der Waals surface area contributed by atoms with E-state index in [2.05, 4.69) is 41.6 Å². The van der Waals surface area contributed by atoms with Gasteiger partial charge in [-0.2, -0.15) is 5.10 Å². The summed E-state index contributed by atoms with van der Waals surface area (Å²) >= 11 is 0. The predicted octanol–water partition coefficient (Wildman–Crippen LogP) is 3.21. The Morgan fingerprint density at radius 2 is 2.21 bits per heavy atom. The van der Waals surface area contributed by atoms with E-state index in [9.17, 15) is 0 Å². The van der Waals surface area contributed by atoms with Gasteiger partial charge in [-0.15, -0.1) is 0 Å². The first kappa shape index (κ1) is 12.4. The minimum Gasteiger partial charge on any atom is -0.309 e. The molecule has 0 radical (unpaired) electrons. The zero-order valence-electron chi connectivity index (χ0n) is 11.7. The lowest BCUT2D eigenvalue weighted by Crippen LogP contribution is -2.28. The smallest absolute Gasteiger partial charge is 0.0628 e. The Morgan fingerprint density at radius 3 is 2.95 bits per heavy atom. The van der Waals surface area contributed by atoms with Crippen molar-refractivity contribution in [1.29, 1.82) is 0 Å². The summed E-state index contributed by atoms with van der Waals surface area (Å²) in [6.07, 6.45) is 5.79. The van der Waals surface area contributed by atoms with Crippen LogP contribution < -0.4 is 5.32 Å². The molecule has 2 aromatic rings. The molecule has 3 nitrogen and oxygen atoms in total. The van der Waals surface area contributed by atoms with Gasteiger partial charge in [0.05, 0.1) is 11.9 Å². The largest absolute Gasteiger partial charge is 0.309 e. The van der Waals surface area contributed by atoms with Gasteiger partial charge >= 0.3 is 0 Å². The fourth-order valence-corrected chi connectivity index (χ4v) is 2.98. The summed E-state index contributed by atoms with van der Waals surface area (Å²) in [5.74, 6) is 0. The topological polar surface area (TPSA) is 29.9 Å². The lowest BCUT2D eigenvalue weighted by molar-refractivity contribution is 0.394. The van der Waals surface area contributed by atoms with Crippen molar-refractivity contribution in [2.24, 2.45) is 7.05 Å². The van der Waals surface area contributed by atoms with E-state index in [4.69, 9.17) is 0 Å². The fourth-order valence-electron chi connectivity index (χ4n) is 2.98. The zero-order valence-corrected chi connectivity index (χ0v) is 11.7. The first-order chi connectivity index (χ1) is 9.25. The van der Waals surface area contributed by atoms with Crippen LogP contribution in [0, 0.1) is 6.92 Å². The number of hydrogen-bond acceptors (Lipinski definition) is 2. The van der Waals surface area contributed by atoms with Gasteiger partial charge in [0, 0.05) is 18.7 Å². The Labute approximate surface area is 114 Å². The van der Waals surface area contributed by atoms with Crippen LogP contribution in [0.4, 0.5) is 0 Å². The SMILES string of the molecule is Cc1cccc(-c2cnn(C)c2C2CCCCN2)c1. The summed E-state index contributed by atoms with van der Waals surface area (Å²) in [5.41, 5.74) is 5.16. The maximum atomic E-state index is 4.47. The van der Waals surface area contributed by atoms with E-state index in [0.717, 1.165) is 6.54 Å². The molecule has 1 aromatic heterocycles. The molecule has 1 aliphatic heterocycles. The van der Waals surface area contributed by atoms with E-state index in [1.54, 1.807) is 0 Å². The van der Waals surface area contributed by atoms with Gasteiger partial charge in [0.25, 0.3) is 0 Å². The van der Waals surface area contributed by atoms with E-state index in [0.29, 0.717) is 6.04 Å². The summed E-state index contributed by atoms with van der Waals surface area (Å²) in [6.45, 7) is 3.25. The summed E-state index contributed by atoms with van der Waals surface area (Å²) in [5, 5.41) is 8.10. The molecule has 3 heteroatoms. The van der Waals surface area contributed by atoms with Crippen molar-refractivity contribution in [1.82, 2.24) is 15.1 Å². The van der Waals surface area contributed by atoms with E-state index in [1.807, 2.05) is 17.9 Å². The number of rotatable bonds is 2. The molecule has 1 atom stereocenters. The van der Waals surface area contributed by atoms with Crippen molar-refractivity contribution in [2.75, 3.05) is 6.54 Å². The molecule has 0 bridgehead atoms. The molecule has 100 valence electrons. The van der Waals surface area contributed by atoms with Crippen molar-refractivity contribution >= 4 is 0 Å². The van der Waals surface area contributed by atoms with Crippen LogP contribution >= 0.6 is 0 Å². The minimum absolute atomic E-state index is 0.441. The first-order valence-electron chi connectivity index (χ1n) is 7.08. The zero-order chi connectivity index (χ0) is 13.2. The van der Waals surface area contributed by atoms with Crippen molar-refractivity contribution in [3.05, 3.63) is 41.7 Å². The highest BCUT2D eigenvalue weighted by Gasteiger charge is 2.22. The average molecular weight is 255 g/mol. The van der Waals surface area contributed by atoms with Crippen LogP contribution in [-0.2, 0) is 7.05 Å². The summed E-state index contributed by atoms with van der Waals surface area (Å²) < 4.78 is 2.03. The van der Waals surface area contributed by atoms with Gasteiger partial charge in [0.1, 0.15) is 0 Å². The van der Waals surface area contributed by atoms with E-state index in [-0.39, 0.29) is 0 Å². The van der Waals surface area contributed by atoms with Crippen LogP contribution in [-0.4, -0.2) is 16.3 Å². The Morgan fingerprint density at radius 1 is 1.32 bits per heavy atom. The van der Waals surface area contributed by atoms with Crippen LogP contribution in [0.2, 0.25) is 0 Å². The molecular weight excluding hydrogens is 234 g/mol. The highest BCUT2D eigenvalue weighted by atomic mass is 15.3. The lowest BCUT2D eigenvalue weighted by Gasteiger charge is -2.25. The Kier molecular flexibility index (Phi) is 3.38. The Hall–Kier alpha value is -1.61. The first-order valence-corrected chi connectivity index (χ1v) is 7.08. The molecule has 2 heterocycles. The van der Waals surface area contributed by atoms with Crippen molar-refractivity contribution < 1.29 is 0 Å². The summed E-state index contributed by atoms with van der Waals surface area (Å²) in [4.78, 5) is 0. The molecule has 1 aliphatic rings. The lowest BCUT2D eigenvalue weighted by atomic mass is 9.95. The maximum absolute atomic E-state index is 4.47. The van der Waals surface area contributed by atoms with Gasteiger partial charge in [-0.25, -0.2) is 0 Å². The van der Waals surface area contributed by atoms with Crippen LogP contribution in [0.25, 0.3) is 11.1 Å². The van der Waals surface area contributed by atoms with Gasteiger partial charge in [0.2, 0.25) is 0 Å². The van der Waals surface area contributed by atoms with E-state index >= 15 is 0 Å². The van der Waals surface area contributed by atoms with Crippen LogP contribution in [0.3, 0.4) is 0 Å². The molecule has 1 N–H and O–H groups in total. The molecule has 0 spiro atoms. The highest BCUT2D eigenvalue weighted by Crippen LogP contribution is 2.32. The third-order valence-corrected chi connectivity index (χ3v) is 3.95. The second-order valence-corrected chi connectivity index (χ2v) is 5.44. The minimum atomic E-state index is 0.441. The summed E-state index contributed by atoms with van der Waals surface area (Å²) in [6, 6.07) is 9.12. The summed E-state index contributed by atoms with van der Waals surface area (Å²) in [7, 11) is 2.05. The quantitative estimate of drug-likeness (QED) is 0.893. The second kappa shape index (κ2) is 5.17. The molecule has 1 unspecified atom stereocenters. The highest BCUT2D eigenvalue weighted by molar-refractivity contribution is 5.66. The number of benzene rings is 1. The van der Waals surface area contributed by atoms with Crippen molar-refractivity contribution in [3.63, 3.8) is 0 Å². The number of nitrogens with one attached hydrogen (secondary N) is 1. The number of aromatic nitrogens is 2. The monoisotopic (exact) mass is 255 g/mol. The third kappa shape index (κ3) is 2.43. The fraction of sp³-hybridized carbons (Fsp3) is 0.438. The molecule has 1 aromatic carbocycles. The molecule has 19 heavy (non-hydrogen) atoms. The van der Waals surface area contributed by atoms with Crippen LogP contribution in [0.15, 0.2) is 30.5 Å². The van der Waals surface area contributed by atoms with Gasteiger partial charge < -0.3 is 5.32 Å². The van der Waals surface area contributed by atoms with Gasteiger partial charge in [-0.05, 0) is 31.9 Å². The molecule has 3 rings (SSSR count). The van der Waals surface area contributed by atoms with Crippen molar-refractivity contribution in [3.8, 4) is 11.1 Å². The standard InChI is InChI=1S/C16H21N3/c1-12-6-5-7-13(10-12)14-11-18-19(2)16(14)15-8-3-4-9-17-15/h5-7,10-11,15,17H,3-4,8-9H2,1-2H3.